The summed E-state index contributed by atoms with van der Waals surface area (Å²) < 4.78 is 37.6. The lowest BCUT2D eigenvalue weighted by Crippen LogP contribution is -2.46. The van der Waals surface area contributed by atoms with Gasteiger partial charge in [-0.2, -0.15) is 0 Å². The van der Waals surface area contributed by atoms with Crippen molar-refractivity contribution in [1.29, 1.82) is 0 Å². The number of carbonyl (C=O) groups excluding carboxylic acids is 1. The molecule has 0 bridgehead atoms. The van der Waals surface area contributed by atoms with Gasteiger partial charge in [0.1, 0.15) is 0 Å². The molecule has 0 atom stereocenters. The highest BCUT2D eigenvalue weighted by molar-refractivity contribution is 6.61. The van der Waals surface area contributed by atoms with Crippen molar-refractivity contribution in [3.05, 3.63) is 12.2 Å². The molecule has 0 heterocycles. The molecule has 0 spiro atoms. The summed E-state index contributed by atoms with van der Waals surface area (Å²) in [7, 11) is -0.263. The van der Waals surface area contributed by atoms with E-state index in [2.05, 4.69) is 6.58 Å². The van der Waals surface area contributed by atoms with E-state index < -0.39 is 17.6 Å². The molecule has 0 aromatic heterocycles. The summed E-state index contributed by atoms with van der Waals surface area (Å²) in [6.45, 7) is 13.9. The summed E-state index contributed by atoms with van der Waals surface area (Å²) in [5.41, 5.74) is 5.88. The van der Waals surface area contributed by atoms with Crippen LogP contribution < -0.4 is 5.73 Å². The van der Waals surface area contributed by atoms with E-state index >= 15 is 0 Å². The van der Waals surface area contributed by atoms with Crippen molar-refractivity contribution in [2.75, 3.05) is 54.3 Å². The van der Waals surface area contributed by atoms with Crippen LogP contribution in [0.1, 0.15) is 40.5 Å². The van der Waals surface area contributed by atoms with Crippen LogP contribution in [-0.2, 0) is 36.1 Å². The smallest absolute Gasteiger partial charge is 0.462 e. The van der Waals surface area contributed by atoms with Crippen LogP contribution in [0.15, 0.2) is 12.2 Å². The normalized spacial score (nSPS) is 11.6. The number of rotatable bonds is 17. The molecule has 0 unspecified atom stereocenters. The molecule has 0 aliphatic heterocycles. The highest BCUT2D eigenvalue weighted by Crippen LogP contribution is 2.17. The summed E-state index contributed by atoms with van der Waals surface area (Å²) in [5, 5.41) is 0. The molecule has 180 valence electrons. The van der Waals surface area contributed by atoms with Crippen LogP contribution in [0.5, 0.6) is 0 Å². The molecule has 9 nitrogen and oxygen atoms in total. The molecule has 0 aromatic rings. The van der Waals surface area contributed by atoms with Crippen LogP contribution in [0.3, 0.4) is 0 Å². The maximum atomic E-state index is 11.1. The average Bonchev–Trinajstić information content (AvgIpc) is 2.74. The Bertz CT molecular complexity index is 425. The summed E-state index contributed by atoms with van der Waals surface area (Å²) in [5.74, 6) is -0.375. The molecule has 0 aliphatic rings. The number of hydrogen-bond donors (Lipinski definition) is 1. The predicted molar refractivity (Wildman–Crippen MR) is 121 cm³/mol. The molecular weight excluding hydrogens is 426 g/mol. The summed E-state index contributed by atoms with van der Waals surface area (Å²) in [6.07, 6.45) is 1.53. The van der Waals surface area contributed by atoms with E-state index in [0.29, 0.717) is 51.0 Å². The lowest BCUT2D eigenvalue weighted by molar-refractivity contribution is -0.139. The Morgan fingerprint density at radius 2 is 1.27 bits per heavy atom. The van der Waals surface area contributed by atoms with Crippen molar-refractivity contribution in [1.82, 2.24) is 0 Å². The first-order valence-electron chi connectivity index (χ1n) is 10.4. The molecular formula is C19H43NO8Si2. The van der Waals surface area contributed by atoms with Crippen molar-refractivity contribution in [3.8, 4) is 0 Å². The molecule has 0 saturated carbocycles. The number of hydrogen-bond acceptors (Lipinski definition) is 9. The molecule has 0 saturated heterocycles. The van der Waals surface area contributed by atoms with Gasteiger partial charge in [0.2, 0.25) is 0 Å². The van der Waals surface area contributed by atoms with E-state index in [1.54, 1.807) is 28.3 Å². The van der Waals surface area contributed by atoms with Gasteiger partial charge >= 0.3 is 23.6 Å². The molecule has 0 aliphatic carbocycles. The van der Waals surface area contributed by atoms with Crippen LogP contribution in [-0.4, -0.2) is 77.9 Å². The first-order valence-corrected chi connectivity index (χ1v) is 14.2. The molecule has 30 heavy (non-hydrogen) atoms. The molecule has 0 amide bonds. The molecule has 11 heteroatoms. The Labute approximate surface area is 184 Å². The van der Waals surface area contributed by atoms with Crippen molar-refractivity contribution < 1.29 is 36.1 Å². The first kappa shape index (κ1) is 31.5. The Balaban J connectivity index is 0. The molecule has 0 radical (unpaired) electrons. The Morgan fingerprint density at radius 1 is 0.833 bits per heavy atom. The molecule has 2 N–H and O–H groups in total. The minimum absolute atomic E-state index is 0.316. The number of esters is 1. The van der Waals surface area contributed by atoms with E-state index in [1.165, 1.54) is 0 Å². The van der Waals surface area contributed by atoms with Crippen LogP contribution >= 0.6 is 0 Å². The van der Waals surface area contributed by atoms with Crippen molar-refractivity contribution in [2.24, 2.45) is 5.73 Å². The highest BCUT2D eigenvalue weighted by Gasteiger charge is 2.39. The number of nitrogens with two attached hydrogens (primary N) is 1. The SMILES string of the molecule is C=C(C)C(=O)OCCC[Si](OC)(OC)OC.CCO[Si](CCCN)(OCC)OCC. The fourth-order valence-corrected chi connectivity index (χ4v) is 6.78. The van der Waals surface area contributed by atoms with Crippen molar-refractivity contribution in [3.63, 3.8) is 0 Å². The number of carbonyl (C=O) groups is 1. The van der Waals surface area contributed by atoms with Gasteiger partial charge in [-0.1, -0.05) is 6.58 Å². The van der Waals surface area contributed by atoms with Crippen LogP contribution in [0.25, 0.3) is 0 Å². The lowest BCUT2D eigenvalue weighted by Gasteiger charge is -2.28. The molecule has 0 aromatic carbocycles. The van der Waals surface area contributed by atoms with Crippen molar-refractivity contribution >= 4 is 23.6 Å². The zero-order chi connectivity index (χ0) is 23.5. The fourth-order valence-electron chi connectivity index (χ4n) is 2.45. The lowest BCUT2D eigenvalue weighted by atomic mass is 10.4. The quantitative estimate of drug-likeness (QED) is 0.149. The zero-order valence-electron chi connectivity index (χ0n) is 19.9. The second-order valence-corrected chi connectivity index (χ2v) is 12.0. The van der Waals surface area contributed by atoms with Gasteiger partial charge in [0.25, 0.3) is 0 Å². The zero-order valence-corrected chi connectivity index (χ0v) is 21.9. The van der Waals surface area contributed by atoms with E-state index in [-0.39, 0.29) is 5.97 Å². The second-order valence-electron chi connectivity index (χ2n) is 6.19. The van der Waals surface area contributed by atoms with Gasteiger partial charge in [-0.15, -0.1) is 0 Å². The maximum absolute atomic E-state index is 11.1. The van der Waals surface area contributed by atoms with Gasteiger partial charge in [0.05, 0.1) is 6.61 Å². The molecule has 0 fully saturated rings. The second kappa shape index (κ2) is 19.1. The van der Waals surface area contributed by atoms with E-state index in [4.69, 9.17) is 37.0 Å². The average molecular weight is 470 g/mol. The van der Waals surface area contributed by atoms with E-state index in [9.17, 15) is 4.79 Å². The summed E-state index contributed by atoms with van der Waals surface area (Å²) in [6, 6.07) is 1.43. The Kier molecular flexibility index (Phi) is 20.1. The maximum Gasteiger partial charge on any atom is 0.500 e. The molecule has 0 rings (SSSR count). The monoisotopic (exact) mass is 469 g/mol. The third-order valence-electron chi connectivity index (χ3n) is 3.92. The Hall–Kier alpha value is -0.636. The van der Waals surface area contributed by atoms with Crippen molar-refractivity contribution in [2.45, 2.75) is 52.6 Å². The van der Waals surface area contributed by atoms with E-state index in [1.807, 2.05) is 20.8 Å². The summed E-state index contributed by atoms with van der Waals surface area (Å²) >= 11 is 0. The third kappa shape index (κ3) is 13.6. The van der Waals surface area contributed by atoms with Gasteiger partial charge in [0, 0.05) is 58.8 Å². The minimum atomic E-state index is -2.53. The van der Waals surface area contributed by atoms with Gasteiger partial charge in [0.15, 0.2) is 0 Å². The summed E-state index contributed by atoms with van der Waals surface area (Å²) in [4.78, 5) is 11.1. The fraction of sp³-hybridized carbons (Fsp3) is 0.842. The van der Waals surface area contributed by atoms with Crippen LogP contribution in [0, 0.1) is 0 Å². The first-order chi connectivity index (χ1) is 14.3. The Morgan fingerprint density at radius 3 is 1.60 bits per heavy atom. The van der Waals surface area contributed by atoms with Gasteiger partial charge in [-0.05, 0) is 47.1 Å². The largest absolute Gasteiger partial charge is 0.500 e. The van der Waals surface area contributed by atoms with E-state index in [0.717, 1.165) is 12.5 Å². The number of ether oxygens (including phenoxy) is 1. The van der Waals surface area contributed by atoms with Gasteiger partial charge in [-0.25, -0.2) is 4.79 Å². The minimum Gasteiger partial charge on any atom is -0.462 e. The topological polar surface area (TPSA) is 108 Å². The van der Waals surface area contributed by atoms with Gasteiger partial charge in [-0.3, -0.25) is 0 Å². The van der Waals surface area contributed by atoms with Gasteiger partial charge < -0.3 is 37.0 Å². The standard InChI is InChI=1S/C10H20O5Si.C9H23NO3Si/c1-9(2)10(11)15-7-6-8-16(12-3,13-4)14-5;1-4-11-14(12-5-2,13-6-3)9-7-8-10/h1,6-8H2,2-5H3;4-10H2,1-3H3. The third-order valence-corrected chi connectivity index (χ3v) is 9.91. The van der Waals surface area contributed by atoms with Crippen LogP contribution in [0.2, 0.25) is 12.1 Å². The predicted octanol–water partition coefficient (Wildman–Crippen LogP) is 2.76. The van der Waals surface area contributed by atoms with Crippen LogP contribution in [0.4, 0.5) is 0 Å². The highest BCUT2D eigenvalue weighted by atomic mass is 28.4.